The van der Waals surface area contributed by atoms with Gasteiger partial charge in [-0.05, 0) is 30.4 Å². The van der Waals surface area contributed by atoms with Crippen molar-refractivity contribution in [1.29, 1.82) is 0 Å². The SMILES string of the molecule is CSC1=Nc2ccc(Cl)cc2C(c2ccccc2)=N[C@H]1C(C)C. The van der Waals surface area contributed by atoms with E-state index in [1.165, 1.54) is 0 Å². The van der Waals surface area contributed by atoms with E-state index in [2.05, 4.69) is 32.2 Å². The van der Waals surface area contributed by atoms with Gasteiger partial charge in [-0.15, -0.1) is 11.8 Å². The Kier molecular flexibility index (Phi) is 4.88. The molecule has 0 bridgehead atoms. The number of benzene rings is 2. The molecule has 0 aliphatic carbocycles. The maximum absolute atomic E-state index is 6.24. The molecule has 0 amide bonds. The number of thioether (sulfide) groups is 1. The summed E-state index contributed by atoms with van der Waals surface area (Å²) in [6.45, 7) is 4.37. The van der Waals surface area contributed by atoms with Crippen LogP contribution in [0.3, 0.4) is 0 Å². The third kappa shape index (κ3) is 3.36. The van der Waals surface area contributed by atoms with E-state index >= 15 is 0 Å². The molecule has 23 heavy (non-hydrogen) atoms. The van der Waals surface area contributed by atoms with Crippen LogP contribution in [-0.4, -0.2) is 23.1 Å². The van der Waals surface area contributed by atoms with Gasteiger partial charge >= 0.3 is 0 Å². The summed E-state index contributed by atoms with van der Waals surface area (Å²) in [5, 5.41) is 1.76. The molecule has 0 aromatic heterocycles. The summed E-state index contributed by atoms with van der Waals surface area (Å²) in [5.74, 6) is 0.379. The predicted octanol–water partition coefficient (Wildman–Crippen LogP) is 5.61. The molecule has 0 saturated carbocycles. The van der Waals surface area contributed by atoms with Gasteiger partial charge in [-0.3, -0.25) is 4.99 Å². The summed E-state index contributed by atoms with van der Waals surface area (Å²) >= 11 is 7.91. The number of hydrogen-bond donors (Lipinski definition) is 0. The average molecular weight is 343 g/mol. The van der Waals surface area contributed by atoms with Crippen molar-refractivity contribution in [1.82, 2.24) is 0 Å². The smallest absolute Gasteiger partial charge is 0.101 e. The zero-order chi connectivity index (χ0) is 16.4. The number of nitrogens with zero attached hydrogens (tertiary/aromatic N) is 2. The van der Waals surface area contributed by atoms with Gasteiger partial charge in [-0.1, -0.05) is 55.8 Å². The lowest BCUT2D eigenvalue weighted by molar-refractivity contribution is 0.603. The fourth-order valence-electron chi connectivity index (χ4n) is 2.67. The molecule has 118 valence electrons. The first-order valence-electron chi connectivity index (χ1n) is 7.66. The van der Waals surface area contributed by atoms with Crippen LogP contribution in [0.15, 0.2) is 58.5 Å². The lowest BCUT2D eigenvalue weighted by Crippen LogP contribution is -2.23. The predicted molar refractivity (Wildman–Crippen MR) is 103 cm³/mol. The van der Waals surface area contributed by atoms with Crippen LogP contribution in [0.5, 0.6) is 0 Å². The van der Waals surface area contributed by atoms with Gasteiger partial charge in [0.15, 0.2) is 0 Å². The summed E-state index contributed by atoms with van der Waals surface area (Å²) < 4.78 is 0. The normalized spacial score (nSPS) is 17.3. The molecular weight excluding hydrogens is 324 g/mol. The van der Waals surface area contributed by atoms with Gasteiger partial charge in [0.2, 0.25) is 0 Å². The molecule has 2 nitrogen and oxygen atoms in total. The van der Waals surface area contributed by atoms with Crippen molar-refractivity contribution in [3.63, 3.8) is 0 Å². The average Bonchev–Trinajstić information content (AvgIpc) is 2.72. The van der Waals surface area contributed by atoms with Crippen molar-refractivity contribution in [3.8, 4) is 0 Å². The maximum atomic E-state index is 6.24. The van der Waals surface area contributed by atoms with Crippen molar-refractivity contribution in [2.45, 2.75) is 19.9 Å². The van der Waals surface area contributed by atoms with E-state index in [-0.39, 0.29) is 6.04 Å². The molecule has 0 fully saturated rings. The summed E-state index contributed by atoms with van der Waals surface area (Å²) in [5.41, 5.74) is 4.00. The highest BCUT2D eigenvalue weighted by molar-refractivity contribution is 8.13. The number of hydrogen-bond acceptors (Lipinski definition) is 3. The van der Waals surface area contributed by atoms with Gasteiger partial charge in [0.25, 0.3) is 0 Å². The van der Waals surface area contributed by atoms with Crippen molar-refractivity contribution in [3.05, 3.63) is 64.7 Å². The second-order valence-corrected chi connectivity index (χ2v) is 7.11. The summed E-state index contributed by atoms with van der Waals surface area (Å²) in [6.07, 6.45) is 2.06. The highest BCUT2D eigenvalue weighted by Crippen LogP contribution is 2.32. The first kappa shape index (κ1) is 16.3. The lowest BCUT2D eigenvalue weighted by atomic mass is 10.00. The molecule has 1 atom stereocenters. The molecule has 1 aliphatic rings. The van der Waals surface area contributed by atoms with E-state index in [1.807, 2.05) is 36.4 Å². The van der Waals surface area contributed by atoms with Crippen LogP contribution in [0.1, 0.15) is 25.0 Å². The van der Waals surface area contributed by atoms with Gasteiger partial charge in [0.1, 0.15) is 6.04 Å². The first-order valence-corrected chi connectivity index (χ1v) is 9.26. The lowest BCUT2D eigenvalue weighted by Gasteiger charge is -2.17. The molecule has 4 heteroatoms. The molecular formula is C19H19ClN2S. The monoisotopic (exact) mass is 342 g/mol. The van der Waals surface area contributed by atoms with E-state index in [0.29, 0.717) is 10.9 Å². The Labute approximate surface area is 146 Å². The van der Waals surface area contributed by atoms with Gasteiger partial charge in [-0.25, -0.2) is 4.99 Å². The fourth-order valence-corrected chi connectivity index (χ4v) is 3.60. The molecule has 0 saturated heterocycles. The largest absolute Gasteiger partial charge is 0.273 e. The molecule has 1 heterocycles. The zero-order valence-electron chi connectivity index (χ0n) is 13.5. The van der Waals surface area contributed by atoms with E-state index in [1.54, 1.807) is 11.8 Å². The summed E-state index contributed by atoms with van der Waals surface area (Å²) in [7, 11) is 0. The van der Waals surface area contributed by atoms with Crippen LogP contribution in [0.25, 0.3) is 0 Å². The van der Waals surface area contributed by atoms with Crippen molar-refractivity contribution in [2.24, 2.45) is 15.9 Å². The molecule has 0 spiro atoms. The van der Waals surface area contributed by atoms with Gasteiger partial charge in [0, 0.05) is 16.1 Å². The Morgan fingerprint density at radius 1 is 1.09 bits per heavy atom. The minimum absolute atomic E-state index is 0.0615. The van der Waals surface area contributed by atoms with E-state index in [9.17, 15) is 0 Å². The third-order valence-corrected chi connectivity index (χ3v) is 4.84. The third-order valence-electron chi connectivity index (χ3n) is 3.85. The Morgan fingerprint density at radius 3 is 2.48 bits per heavy atom. The maximum Gasteiger partial charge on any atom is 0.101 e. The van der Waals surface area contributed by atoms with Crippen LogP contribution in [0, 0.1) is 5.92 Å². The van der Waals surface area contributed by atoms with Crippen LogP contribution < -0.4 is 0 Å². The van der Waals surface area contributed by atoms with E-state index in [4.69, 9.17) is 21.6 Å². The molecule has 0 N–H and O–H groups in total. The molecule has 1 aliphatic heterocycles. The van der Waals surface area contributed by atoms with Crippen molar-refractivity contribution in [2.75, 3.05) is 6.26 Å². The molecule has 0 radical (unpaired) electrons. The second kappa shape index (κ2) is 6.90. The Bertz CT molecular complexity index is 766. The Balaban J connectivity index is 2.26. The Morgan fingerprint density at radius 2 is 1.83 bits per heavy atom. The minimum Gasteiger partial charge on any atom is -0.273 e. The number of halogens is 1. The first-order chi connectivity index (χ1) is 11.1. The van der Waals surface area contributed by atoms with Crippen LogP contribution >= 0.6 is 23.4 Å². The highest BCUT2D eigenvalue weighted by Gasteiger charge is 2.25. The van der Waals surface area contributed by atoms with E-state index in [0.717, 1.165) is 27.6 Å². The van der Waals surface area contributed by atoms with Crippen LogP contribution in [-0.2, 0) is 0 Å². The highest BCUT2D eigenvalue weighted by atomic mass is 35.5. The number of aliphatic imine (C=N–C) groups is 2. The second-order valence-electron chi connectivity index (χ2n) is 5.85. The van der Waals surface area contributed by atoms with Crippen LogP contribution in [0.4, 0.5) is 5.69 Å². The zero-order valence-corrected chi connectivity index (χ0v) is 15.0. The van der Waals surface area contributed by atoms with Crippen molar-refractivity contribution < 1.29 is 0 Å². The quantitative estimate of drug-likeness (QED) is 0.696. The fraction of sp³-hybridized carbons (Fsp3) is 0.263. The molecule has 2 aromatic rings. The molecule has 2 aromatic carbocycles. The standard InChI is InChI=1S/C19H19ClN2S/c1-12(2)17-19(23-3)21-16-10-9-14(20)11-15(16)18(22-17)13-7-5-4-6-8-13/h4-12,17H,1-3H3/t17-/m0/s1. The number of rotatable bonds is 2. The minimum atomic E-state index is 0.0615. The summed E-state index contributed by atoms with van der Waals surface area (Å²) in [6, 6.07) is 16.2. The summed E-state index contributed by atoms with van der Waals surface area (Å²) in [4.78, 5) is 9.97. The van der Waals surface area contributed by atoms with Crippen LogP contribution in [0.2, 0.25) is 5.02 Å². The number of fused-ring (bicyclic) bond motifs is 1. The topological polar surface area (TPSA) is 24.7 Å². The van der Waals surface area contributed by atoms with E-state index < -0.39 is 0 Å². The molecule has 3 rings (SSSR count). The van der Waals surface area contributed by atoms with Crippen molar-refractivity contribution >= 4 is 39.8 Å². The molecule has 0 unspecified atom stereocenters. The van der Waals surface area contributed by atoms with Gasteiger partial charge < -0.3 is 0 Å². The Hall–Kier alpha value is -1.58. The van der Waals surface area contributed by atoms with Gasteiger partial charge in [-0.2, -0.15) is 0 Å². The van der Waals surface area contributed by atoms with Gasteiger partial charge in [0.05, 0.1) is 16.4 Å².